The predicted molar refractivity (Wildman–Crippen MR) is 339 cm³/mol. The lowest BCUT2D eigenvalue weighted by atomic mass is 9.80. The van der Waals surface area contributed by atoms with Gasteiger partial charge in [0.25, 0.3) is 0 Å². The molecule has 0 saturated carbocycles. The third-order valence-electron chi connectivity index (χ3n) is 16.2. The van der Waals surface area contributed by atoms with Crippen LogP contribution in [-0.4, -0.2) is 96.0 Å². The van der Waals surface area contributed by atoms with Crippen LogP contribution in [0.5, 0.6) is 11.5 Å². The van der Waals surface area contributed by atoms with Crippen LogP contribution in [0.2, 0.25) is 0 Å². The van der Waals surface area contributed by atoms with Crippen LogP contribution in [0.1, 0.15) is 50.1 Å². The highest BCUT2D eigenvalue weighted by Crippen LogP contribution is 2.43. The molecule has 0 radical (unpaired) electrons. The average Bonchev–Trinajstić information content (AvgIpc) is 1.97. The van der Waals surface area contributed by atoms with E-state index < -0.39 is 67.0 Å². The first kappa shape index (κ1) is 62.7. The van der Waals surface area contributed by atoms with E-state index in [-0.39, 0.29) is 52.9 Å². The topological polar surface area (TPSA) is 120 Å². The van der Waals surface area contributed by atoms with E-state index in [9.17, 15) is 0 Å². The number of hydrogen-bond acceptors (Lipinski definition) is 13. The molecule has 89 heavy (non-hydrogen) atoms. The lowest BCUT2D eigenvalue weighted by Gasteiger charge is -2.48. The molecule has 0 N–H and O–H groups in total. The average molecular weight is 1200 g/mol. The van der Waals surface area contributed by atoms with Crippen LogP contribution in [-0.2, 0) is 97.3 Å². The molecule has 0 bridgehead atoms. The van der Waals surface area contributed by atoms with Crippen LogP contribution in [0, 0.1) is 0 Å². The fourth-order valence-corrected chi connectivity index (χ4v) is 11.6. The lowest BCUT2D eigenvalue weighted by Crippen LogP contribution is -2.64. The molecule has 0 spiro atoms. The number of ether oxygens (including phenoxy) is 13. The van der Waals surface area contributed by atoms with Crippen molar-refractivity contribution in [3.8, 4) is 11.5 Å². The summed E-state index contributed by atoms with van der Waals surface area (Å²) >= 11 is 0. The van der Waals surface area contributed by atoms with Gasteiger partial charge in [0.15, 0.2) is 12.6 Å². The highest BCUT2D eigenvalue weighted by Gasteiger charge is 2.53. The summed E-state index contributed by atoms with van der Waals surface area (Å²) in [5.74, 6) is 1.40. The van der Waals surface area contributed by atoms with Crippen molar-refractivity contribution in [1.82, 2.24) is 0 Å². The van der Waals surface area contributed by atoms with E-state index in [0.29, 0.717) is 11.5 Å². The van der Waals surface area contributed by atoms with Crippen LogP contribution in [0.15, 0.2) is 261 Å². The van der Waals surface area contributed by atoms with E-state index in [4.69, 9.17) is 61.6 Å². The SMILES string of the molecule is COc1ccc(C(OC[C@H]2OC(OC[C@H]3O[C@H](OC)[C@H](OCc4ccccc4)[C@@H](OCc4ccccc4)[C@@H]3OCc3ccccc3)[C@H](OCc3ccccc3)[C@@H](OCc3ccccc3)[C@@H]2OCc2ccccc2)(c2ccccc2)c2ccc(OC)cc2)cc1. The van der Waals surface area contributed by atoms with Gasteiger partial charge in [-0.05, 0) is 74.3 Å². The first-order valence-corrected chi connectivity index (χ1v) is 30.3. The van der Waals surface area contributed by atoms with Crippen molar-refractivity contribution in [2.24, 2.45) is 0 Å². The summed E-state index contributed by atoms with van der Waals surface area (Å²) < 4.78 is 89.8. The van der Waals surface area contributed by atoms with Crippen molar-refractivity contribution < 1.29 is 61.6 Å². The second-order valence-corrected chi connectivity index (χ2v) is 22.0. The first-order valence-electron chi connectivity index (χ1n) is 30.3. The van der Waals surface area contributed by atoms with Gasteiger partial charge in [-0.2, -0.15) is 0 Å². The number of methoxy groups -OCH3 is 3. The van der Waals surface area contributed by atoms with Crippen molar-refractivity contribution in [3.63, 3.8) is 0 Å². The van der Waals surface area contributed by atoms with E-state index in [1.54, 1.807) is 21.3 Å². The van der Waals surface area contributed by atoms with Crippen molar-refractivity contribution in [3.05, 3.63) is 311 Å². The maximum atomic E-state index is 7.71. The minimum Gasteiger partial charge on any atom is -0.497 e. The van der Waals surface area contributed by atoms with Gasteiger partial charge in [-0.1, -0.05) is 237 Å². The fraction of sp³-hybridized carbons (Fsp3) is 0.289. The van der Waals surface area contributed by atoms with Gasteiger partial charge in [-0.15, -0.1) is 0 Å². The van der Waals surface area contributed by atoms with Crippen LogP contribution in [0.25, 0.3) is 0 Å². The molecule has 11 rings (SSSR count). The Morgan fingerprint density at radius 3 is 0.899 bits per heavy atom. The van der Waals surface area contributed by atoms with Gasteiger partial charge in [-0.3, -0.25) is 0 Å². The smallest absolute Gasteiger partial charge is 0.187 e. The molecule has 13 nitrogen and oxygen atoms in total. The van der Waals surface area contributed by atoms with Crippen LogP contribution < -0.4 is 9.47 Å². The highest BCUT2D eigenvalue weighted by atomic mass is 16.8. The lowest BCUT2D eigenvalue weighted by molar-refractivity contribution is -0.352. The van der Waals surface area contributed by atoms with E-state index in [1.807, 2.05) is 249 Å². The Morgan fingerprint density at radius 1 is 0.281 bits per heavy atom. The molecule has 9 aromatic carbocycles. The Bertz CT molecular complexity index is 3380. The van der Waals surface area contributed by atoms with Gasteiger partial charge in [0.1, 0.15) is 65.9 Å². The number of benzene rings is 9. The zero-order chi connectivity index (χ0) is 60.9. The molecule has 2 heterocycles. The summed E-state index contributed by atoms with van der Waals surface area (Å²) in [6.07, 6.45) is -8.53. The second-order valence-electron chi connectivity index (χ2n) is 22.0. The zero-order valence-corrected chi connectivity index (χ0v) is 50.6. The van der Waals surface area contributed by atoms with Gasteiger partial charge >= 0.3 is 0 Å². The summed E-state index contributed by atoms with van der Waals surface area (Å²) in [7, 11) is 4.93. The van der Waals surface area contributed by atoms with E-state index >= 15 is 0 Å². The van der Waals surface area contributed by atoms with E-state index in [2.05, 4.69) is 12.1 Å². The van der Waals surface area contributed by atoms with Gasteiger partial charge in [-0.25, -0.2) is 0 Å². The molecule has 2 aliphatic heterocycles. The largest absolute Gasteiger partial charge is 0.497 e. The molecule has 2 aliphatic rings. The Morgan fingerprint density at radius 2 is 0.562 bits per heavy atom. The summed E-state index contributed by atoms with van der Waals surface area (Å²) in [5, 5.41) is 0. The summed E-state index contributed by atoms with van der Waals surface area (Å²) in [5.41, 5.74) is 7.13. The van der Waals surface area contributed by atoms with Gasteiger partial charge in [0.2, 0.25) is 0 Å². The molecular formula is C76H78O13. The standard InChI is InChI=1S/C76H78O13/c1-77-64-43-39-62(40-44-64)76(61-37-23-10-24-38-61,63-41-45-65(78-2)46-42-63)87-54-67-69(81-48-56-27-13-5-14-28-56)71(83-50-58-31-17-7-18-32-58)73(85-52-60-35-21-9-22-36-60)75(89-67)86-53-66-68(80-47-55-25-11-4-12-26-55)70(82-49-57-29-15-6-16-30-57)72(74(79-3)88-66)84-51-59-33-19-8-20-34-59/h4-46,66-75H,47-54H2,1-3H3/t66-,67-,68-,69-,70+,71+,72-,73-,74+,75?/m1/s1. The van der Waals surface area contributed by atoms with Crippen molar-refractivity contribution in [2.75, 3.05) is 34.5 Å². The minimum absolute atomic E-state index is 0.0345. The monoisotopic (exact) mass is 1200 g/mol. The number of hydrogen-bond donors (Lipinski definition) is 0. The Kier molecular flexibility index (Phi) is 22.6. The highest BCUT2D eigenvalue weighted by molar-refractivity contribution is 5.50. The maximum Gasteiger partial charge on any atom is 0.187 e. The molecule has 1 unspecified atom stereocenters. The van der Waals surface area contributed by atoms with Crippen LogP contribution >= 0.6 is 0 Å². The molecule has 0 amide bonds. The second kappa shape index (κ2) is 32.1. The summed E-state index contributed by atoms with van der Waals surface area (Å²) in [6.45, 7) is 1.30. The quantitative estimate of drug-likeness (QED) is 0.0398. The van der Waals surface area contributed by atoms with Crippen molar-refractivity contribution >= 4 is 0 Å². The molecule has 2 fully saturated rings. The first-order chi connectivity index (χ1) is 44.0. The number of rotatable bonds is 30. The van der Waals surface area contributed by atoms with Gasteiger partial charge in [0, 0.05) is 7.11 Å². The van der Waals surface area contributed by atoms with Crippen molar-refractivity contribution in [2.45, 2.75) is 107 Å². The van der Waals surface area contributed by atoms with Gasteiger partial charge in [0.05, 0.1) is 67.1 Å². The Balaban J connectivity index is 1.00. The summed E-state index contributed by atoms with van der Waals surface area (Å²) in [6, 6.07) is 86.4. The fourth-order valence-electron chi connectivity index (χ4n) is 11.6. The minimum atomic E-state index is -1.23. The molecule has 13 heteroatoms. The predicted octanol–water partition coefficient (Wildman–Crippen LogP) is 13.6. The maximum absolute atomic E-state index is 7.71. The molecule has 10 atom stereocenters. The molecule has 460 valence electrons. The van der Waals surface area contributed by atoms with Crippen LogP contribution in [0.3, 0.4) is 0 Å². The Labute approximate surface area is 522 Å². The van der Waals surface area contributed by atoms with E-state index in [0.717, 1.165) is 50.1 Å². The van der Waals surface area contributed by atoms with Crippen LogP contribution in [0.4, 0.5) is 0 Å². The summed E-state index contributed by atoms with van der Waals surface area (Å²) in [4.78, 5) is 0. The Hall–Kier alpha value is -7.86. The third kappa shape index (κ3) is 16.3. The molecule has 9 aromatic rings. The van der Waals surface area contributed by atoms with Gasteiger partial charge < -0.3 is 61.6 Å². The normalized spacial score (nSPS) is 21.9. The molecule has 2 saturated heterocycles. The zero-order valence-electron chi connectivity index (χ0n) is 50.6. The van der Waals surface area contributed by atoms with Crippen molar-refractivity contribution in [1.29, 1.82) is 0 Å². The molecule has 0 aromatic heterocycles. The molecule has 0 aliphatic carbocycles. The van der Waals surface area contributed by atoms with E-state index in [1.165, 1.54) is 0 Å². The molecular weight excluding hydrogens is 1120 g/mol. The third-order valence-corrected chi connectivity index (χ3v) is 16.2.